The highest BCUT2D eigenvalue weighted by Crippen LogP contribution is 2.26. The molecule has 74 valence electrons. The van der Waals surface area contributed by atoms with Crippen LogP contribution in [0.15, 0.2) is 28.9 Å². The first kappa shape index (κ1) is 9.25. The van der Waals surface area contributed by atoms with Crippen molar-refractivity contribution in [2.45, 2.75) is 32.6 Å². The molecule has 0 aliphatic rings. The van der Waals surface area contributed by atoms with Gasteiger partial charge in [-0.25, -0.2) is 0 Å². The van der Waals surface area contributed by atoms with Gasteiger partial charge in [-0.2, -0.15) is 0 Å². The van der Waals surface area contributed by atoms with Crippen LogP contribution in [-0.4, -0.2) is 5.16 Å². The summed E-state index contributed by atoms with van der Waals surface area (Å²) in [5, 5.41) is 4.86. The van der Waals surface area contributed by atoms with Gasteiger partial charge in [0.2, 0.25) is 0 Å². The Morgan fingerprint density at radius 1 is 1.29 bits per heavy atom. The molecule has 0 atom stereocenters. The lowest BCUT2D eigenvalue weighted by Gasteiger charge is -2.11. The molecule has 0 fully saturated rings. The second kappa shape index (κ2) is 3.82. The van der Waals surface area contributed by atoms with Crippen molar-refractivity contribution in [1.29, 1.82) is 0 Å². The van der Waals surface area contributed by atoms with Crippen molar-refractivity contribution in [1.82, 2.24) is 5.16 Å². The molecule has 1 heterocycles. The van der Waals surface area contributed by atoms with E-state index in [2.05, 4.69) is 37.2 Å². The molecule has 0 N–H and O–H groups in total. The molecule has 1 aromatic carbocycles. The lowest BCUT2D eigenvalue weighted by Crippen LogP contribution is -1.94. The highest BCUT2D eigenvalue weighted by atomic mass is 16.5. The second-order valence-electron chi connectivity index (χ2n) is 3.64. The van der Waals surface area contributed by atoms with Crippen molar-refractivity contribution >= 4 is 11.0 Å². The maximum absolute atomic E-state index is 5.15. The van der Waals surface area contributed by atoms with Crippen LogP contribution in [0.5, 0.6) is 0 Å². The van der Waals surface area contributed by atoms with E-state index >= 15 is 0 Å². The number of rotatable bonds is 3. The van der Waals surface area contributed by atoms with Crippen LogP contribution in [0, 0.1) is 0 Å². The number of aromatic nitrogens is 1. The average molecular weight is 189 g/mol. The third-order valence-electron chi connectivity index (χ3n) is 2.84. The van der Waals surface area contributed by atoms with Crippen molar-refractivity contribution in [3.63, 3.8) is 0 Å². The lowest BCUT2D eigenvalue weighted by molar-refractivity contribution is 0.456. The number of fused-ring (bicyclic) bond motifs is 1. The molecule has 2 aromatic rings. The van der Waals surface area contributed by atoms with Gasteiger partial charge in [-0.1, -0.05) is 25.1 Å². The van der Waals surface area contributed by atoms with Crippen LogP contribution in [0.3, 0.4) is 0 Å². The summed E-state index contributed by atoms with van der Waals surface area (Å²) < 4.78 is 5.15. The maximum Gasteiger partial charge on any atom is 0.167 e. The number of hydrogen-bond acceptors (Lipinski definition) is 2. The largest absolute Gasteiger partial charge is 0.356 e. The van der Waals surface area contributed by atoms with Crippen LogP contribution in [-0.2, 0) is 0 Å². The molecule has 1 aromatic heterocycles. The predicted octanol–water partition coefficient (Wildman–Crippen LogP) is 3.73. The van der Waals surface area contributed by atoms with E-state index in [9.17, 15) is 0 Å². The topological polar surface area (TPSA) is 26.0 Å². The fourth-order valence-electron chi connectivity index (χ4n) is 1.89. The van der Waals surface area contributed by atoms with Gasteiger partial charge in [0, 0.05) is 5.39 Å². The summed E-state index contributed by atoms with van der Waals surface area (Å²) in [7, 11) is 0. The third-order valence-corrected chi connectivity index (χ3v) is 2.84. The Balaban J connectivity index is 2.42. The quantitative estimate of drug-likeness (QED) is 0.735. The highest BCUT2D eigenvalue weighted by Gasteiger charge is 2.08. The van der Waals surface area contributed by atoms with Crippen LogP contribution in [0.1, 0.15) is 38.2 Å². The van der Waals surface area contributed by atoms with E-state index in [1.54, 1.807) is 6.20 Å². The van der Waals surface area contributed by atoms with E-state index in [-0.39, 0.29) is 0 Å². The van der Waals surface area contributed by atoms with Crippen LogP contribution < -0.4 is 0 Å². The van der Waals surface area contributed by atoms with Gasteiger partial charge in [0.1, 0.15) is 0 Å². The Bertz CT molecular complexity index is 415. The normalized spacial score (nSPS) is 11.4. The van der Waals surface area contributed by atoms with Crippen molar-refractivity contribution in [2.75, 3.05) is 0 Å². The molecule has 0 unspecified atom stereocenters. The van der Waals surface area contributed by atoms with Gasteiger partial charge in [-0.05, 0) is 36.5 Å². The van der Waals surface area contributed by atoms with Crippen molar-refractivity contribution in [2.24, 2.45) is 0 Å². The Morgan fingerprint density at radius 3 is 2.79 bits per heavy atom. The monoisotopic (exact) mass is 189 g/mol. The Morgan fingerprint density at radius 2 is 2.07 bits per heavy atom. The molecule has 2 nitrogen and oxygen atoms in total. The molecule has 0 amide bonds. The van der Waals surface area contributed by atoms with E-state index in [1.165, 1.54) is 18.4 Å². The van der Waals surface area contributed by atoms with Gasteiger partial charge in [-0.15, -0.1) is 0 Å². The van der Waals surface area contributed by atoms with Crippen LogP contribution in [0.4, 0.5) is 0 Å². The summed E-state index contributed by atoms with van der Waals surface area (Å²) in [6.45, 7) is 4.44. The van der Waals surface area contributed by atoms with Gasteiger partial charge < -0.3 is 4.52 Å². The smallest absolute Gasteiger partial charge is 0.167 e. The Kier molecular flexibility index (Phi) is 2.53. The van der Waals surface area contributed by atoms with Gasteiger partial charge in [-0.3, -0.25) is 0 Å². The summed E-state index contributed by atoms with van der Waals surface area (Å²) in [5.74, 6) is 0.643. The molecule has 0 spiro atoms. The predicted molar refractivity (Wildman–Crippen MR) is 57.3 cm³/mol. The fourth-order valence-corrected chi connectivity index (χ4v) is 1.89. The molecule has 0 radical (unpaired) electrons. The van der Waals surface area contributed by atoms with Gasteiger partial charge in [0.25, 0.3) is 0 Å². The second-order valence-corrected chi connectivity index (χ2v) is 3.64. The zero-order valence-corrected chi connectivity index (χ0v) is 8.66. The van der Waals surface area contributed by atoms with Gasteiger partial charge >= 0.3 is 0 Å². The van der Waals surface area contributed by atoms with Crippen molar-refractivity contribution < 1.29 is 4.52 Å². The summed E-state index contributed by atoms with van der Waals surface area (Å²) in [6, 6.07) is 6.37. The molecule has 0 aliphatic carbocycles. The third kappa shape index (κ3) is 1.52. The van der Waals surface area contributed by atoms with Gasteiger partial charge in [0.05, 0.1) is 6.20 Å². The first-order valence-corrected chi connectivity index (χ1v) is 5.19. The molecule has 0 bridgehead atoms. The molecule has 14 heavy (non-hydrogen) atoms. The van der Waals surface area contributed by atoms with Crippen LogP contribution >= 0.6 is 0 Å². The lowest BCUT2D eigenvalue weighted by atomic mass is 9.94. The standard InChI is InChI=1S/C12H15NO/c1-3-9(4-2)10-5-6-11-8-13-14-12(11)7-10/h5-9H,3-4H2,1-2H3. The van der Waals surface area contributed by atoms with E-state index in [4.69, 9.17) is 4.52 Å². The SMILES string of the molecule is CCC(CC)c1ccc2cnoc2c1. The number of hydrogen-bond donors (Lipinski definition) is 0. The maximum atomic E-state index is 5.15. The summed E-state index contributed by atoms with van der Waals surface area (Å²) in [6.07, 6.45) is 4.11. The minimum atomic E-state index is 0.643. The molecule has 0 saturated carbocycles. The van der Waals surface area contributed by atoms with Crippen molar-refractivity contribution in [3.05, 3.63) is 30.0 Å². The molecule has 2 heteroatoms. The molecule has 2 rings (SSSR count). The molecule has 0 aliphatic heterocycles. The minimum Gasteiger partial charge on any atom is -0.356 e. The summed E-state index contributed by atoms with van der Waals surface area (Å²) >= 11 is 0. The first-order valence-electron chi connectivity index (χ1n) is 5.19. The summed E-state index contributed by atoms with van der Waals surface area (Å²) in [5.41, 5.74) is 2.26. The van der Waals surface area contributed by atoms with E-state index in [0.717, 1.165) is 11.0 Å². The summed E-state index contributed by atoms with van der Waals surface area (Å²) in [4.78, 5) is 0. The molecular weight excluding hydrogens is 174 g/mol. The fraction of sp³-hybridized carbons (Fsp3) is 0.417. The van der Waals surface area contributed by atoms with E-state index in [1.807, 2.05) is 0 Å². The number of benzene rings is 1. The van der Waals surface area contributed by atoms with E-state index in [0.29, 0.717) is 5.92 Å². The van der Waals surface area contributed by atoms with Crippen molar-refractivity contribution in [3.8, 4) is 0 Å². The average Bonchev–Trinajstić information content (AvgIpc) is 2.66. The zero-order chi connectivity index (χ0) is 9.97. The first-order chi connectivity index (χ1) is 6.85. The van der Waals surface area contributed by atoms with Crippen LogP contribution in [0.2, 0.25) is 0 Å². The Hall–Kier alpha value is -1.31. The van der Waals surface area contributed by atoms with E-state index < -0.39 is 0 Å². The Labute approximate surface area is 83.9 Å². The molecular formula is C12H15NO. The minimum absolute atomic E-state index is 0.643. The molecule has 0 saturated heterocycles. The zero-order valence-electron chi connectivity index (χ0n) is 8.66. The van der Waals surface area contributed by atoms with Gasteiger partial charge in [0.15, 0.2) is 5.58 Å². The van der Waals surface area contributed by atoms with Crippen LogP contribution in [0.25, 0.3) is 11.0 Å². The number of nitrogens with zero attached hydrogens (tertiary/aromatic N) is 1. The highest BCUT2D eigenvalue weighted by molar-refractivity contribution is 5.76.